The fourth-order valence-electron chi connectivity index (χ4n) is 3.82. The molecule has 2 heterocycles. The molecule has 0 N–H and O–H groups in total. The largest absolute Gasteiger partial charge is 0.287 e. The predicted molar refractivity (Wildman–Crippen MR) is 141 cm³/mol. The number of amides is 1. The monoisotopic (exact) mass is 484 g/mol. The van der Waals surface area contributed by atoms with Gasteiger partial charge in [-0.15, -0.1) is 21.5 Å². The fraction of sp³-hybridized carbons (Fsp3) is 0.148. The molecule has 34 heavy (non-hydrogen) atoms. The Kier molecular flexibility index (Phi) is 6.47. The Hall–Kier alpha value is -3.42. The van der Waals surface area contributed by atoms with E-state index in [2.05, 4.69) is 82.5 Å². The minimum absolute atomic E-state index is 0.0101. The Morgan fingerprint density at radius 2 is 1.68 bits per heavy atom. The zero-order valence-electron chi connectivity index (χ0n) is 19.0. The summed E-state index contributed by atoms with van der Waals surface area (Å²) in [4.78, 5) is 15.0. The van der Waals surface area contributed by atoms with Gasteiger partial charge in [-0.25, -0.2) is 0 Å². The van der Waals surface area contributed by atoms with Crippen LogP contribution in [0.1, 0.15) is 16.7 Å². The minimum atomic E-state index is 0.0101. The van der Waals surface area contributed by atoms with Crippen LogP contribution < -0.4 is 4.80 Å². The molecule has 5 rings (SSSR count). The van der Waals surface area contributed by atoms with E-state index in [0.717, 1.165) is 27.3 Å². The summed E-state index contributed by atoms with van der Waals surface area (Å²) < 4.78 is 2.14. The lowest BCUT2D eigenvalue weighted by atomic mass is 10.1. The van der Waals surface area contributed by atoms with Gasteiger partial charge < -0.3 is 0 Å². The van der Waals surface area contributed by atoms with Gasteiger partial charge in [-0.05, 0) is 42.7 Å². The van der Waals surface area contributed by atoms with Gasteiger partial charge in [0.15, 0.2) is 0 Å². The SMILES string of the molecule is Cc1ccc(-c2cs/c(=N\N=C3\CSC(=O)N3Cc3ccccc3)n2-c2cccc(C)c2)cc1. The first-order chi connectivity index (χ1) is 16.6. The molecule has 0 atom stereocenters. The third kappa shape index (κ3) is 4.76. The van der Waals surface area contributed by atoms with Crippen molar-refractivity contribution in [2.75, 3.05) is 5.75 Å². The summed E-state index contributed by atoms with van der Waals surface area (Å²) in [6.45, 7) is 4.67. The van der Waals surface area contributed by atoms with Crippen molar-refractivity contribution in [1.82, 2.24) is 9.47 Å². The Morgan fingerprint density at radius 3 is 2.44 bits per heavy atom. The molecule has 0 unspecified atom stereocenters. The Bertz CT molecular complexity index is 1420. The van der Waals surface area contributed by atoms with Crippen LogP contribution >= 0.6 is 23.1 Å². The number of thiazole rings is 1. The van der Waals surface area contributed by atoms with Gasteiger partial charge in [-0.2, -0.15) is 0 Å². The van der Waals surface area contributed by atoms with Crippen LogP contribution in [0.3, 0.4) is 0 Å². The number of thioether (sulfide) groups is 1. The van der Waals surface area contributed by atoms with Gasteiger partial charge in [0.1, 0.15) is 5.84 Å². The number of carbonyl (C=O) groups excluding carboxylic acids is 1. The molecule has 1 aliphatic heterocycles. The molecule has 7 heteroatoms. The number of carbonyl (C=O) groups is 1. The van der Waals surface area contributed by atoms with Gasteiger partial charge in [0.05, 0.1) is 18.0 Å². The van der Waals surface area contributed by atoms with Crippen molar-refractivity contribution in [3.05, 3.63) is 106 Å². The second kappa shape index (κ2) is 9.83. The molecule has 0 radical (unpaired) electrons. The normalized spacial score (nSPS) is 15.5. The molecule has 1 amide bonds. The first kappa shape index (κ1) is 22.4. The highest BCUT2D eigenvalue weighted by molar-refractivity contribution is 8.14. The maximum absolute atomic E-state index is 12.5. The molecule has 1 aromatic heterocycles. The van der Waals surface area contributed by atoms with Crippen LogP contribution in [-0.4, -0.2) is 26.3 Å². The number of nitrogens with zero attached hydrogens (tertiary/aromatic N) is 4. The van der Waals surface area contributed by atoms with E-state index in [0.29, 0.717) is 18.1 Å². The van der Waals surface area contributed by atoms with Crippen molar-refractivity contribution < 1.29 is 4.79 Å². The van der Waals surface area contributed by atoms with Crippen molar-refractivity contribution in [3.63, 3.8) is 0 Å². The van der Waals surface area contributed by atoms with Crippen LogP contribution in [-0.2, 0) is 6.54 Å². The van der Waals surface area contributed by atoms with Crippen LogP contribution in [0.4, 0.5) is 4.79 Å². The highest BCUT2D eigenvalue weighted by atomic mass is 32.2. The lowest BCUT2D eigenvalue weighted by Crippen LogP contribution is -2.28. The number of amidine groups is 1. The Morgan fingerprint density at radius 1 is 0.882 bits per heavy atom. The highest BCUT2D eigenvalue weighted by Crippen LogP contribution is 2.25. The lowest BCUT2D eigenvalue weighted by Gasteiger charge is -2.15. The van der Waals surface area contributed by atoms with Gasteiger partial charge in [0.2, 0.25) is 4.80 Å². The molecule has 0 bridgehead atoms. The molecule has 3 aromatic carbocycles. The summed E-state index contributed by atoms with van der Waals surface area (Å²) >= 11 is 2.81. The number of rotatable bonds is 5. The van der Waals surface area contributed by atoms with E-state index in [1.165, 1.54) is 22.9 Å². The van der Waals surface area contributed by atoms with Gasteiger partial charge >= 0.3 is 0 Å². The molecule has 0 saturated carbocycles. The maximum Gasteiger partial charge on any atom is 0.287 e. The molecule has 1 aliphatic rings. The summed E-state index contributed by atoms with van der Waals surface area (Å²) in [6.07, 6.45) is 0. The van der Waals surface area contributed by atoms with Gasteiger partial charge in [0.25, 0.3) is 5.24 Å². The third-order valence-corrected chi connectivity index (χ3v) is 7.29. The van der Waals surface area contributed by atoms with Crippen molar-refractivity contribution in [1.29, 1.82) is 0 Å². The van der Waals surface area contributed by atoms with E-state index in [4.69, 9.17) is 0 Å². The van der Waals surface area contributed by atoms with Gasteiger partial charge in [0, 0.05) is 11.1 Å². The summed E-state index contributed by atoms with van der Waals surface area (Å²) in [5.74, 6) is 1.20. The van der Waals surface area contributed by atoms with Crippen LogP contribution in [0.15, 0.2) is 94.4 Å². The van der Waals surface area contributed by atoms with E-state index in [9.17, 15) is 4.79 Å². The zero-order chi connectivity index (χ0) is 23.5. The molecule has 170 valence electrons. The highest BCUT2D eigenvalue weighted by Gasteiger charge is 2.28. The van der Waals surface area contributed by atoms with E-state index in [1.807, 2.05) is 30.3 Å². The Balaban J connectivity index is 1.58. The second-order valence-corrected chi connectivity index (χ2v) is 9.95. The number of aryl methyl sites for hydroxylation is 2. The number of hydrogen-bond donors (Lipinski definition) is 0. The zero-order valence-corrected chi connectivity index (χ0v) is 20.6. The van der Waals surface area contributed by atoms with E-state index >= 15 is 0 Å². The third-order valence-electron chi connectivity index (χ3n) is 5.61. The first-order valence-corrected chi connectivity index (χ1v) is 12.9. The maximum atomic E-state index is 12.5. The summed E-state index contributed by atoms with van der Waals surface area (Å²) in [7, 11) is 0. The number of hydrogen-bond acceptors (Lipinski definition) is 5. The van der Waals surface area contributed by atoms with Crippen LogP contribution in [0.2, 0.25) is 0 Å². The quantitative estimate of drug-likeness (QED) is 0.308. The topological polar surface area (TPSA) is 50.0 Å². The molecule has 0 spiro atoms. The average molecular weight is 485 g/mol. The summed E-state index contributed by atoms with van der Waals surface area (Å²) in [5, 5.41) is 11.3. The number of aromatic nitrogens is 1. The van der Waals surface area contributed by atoms with Crippen LogP contribution in [0.5, 0.6) is 0 Å². The van der Waals surface area contributed by atoms with Crippen LogP contribution in [0.25, 0.3) is 16.9 Å². The van der Waals surface area contributed by atoms with E-state index in [1.54, 1.807) is 16.2 Å². The molecular formula is C27H24N4OS2. The van der Waals surface area contributed by atoms with Crippen molar-refractivity contribution in [3.8, 4) is 16.9 Å². The molecule has 5 nitrogen and oxygen atoms in total. The smallest absolute Gasteiger partial charge is 0.284 e. The van der Waals surface area contributed by atoms with E-state index < -0.39 is 0 Å². The number of benzene rings is 3. The second-order valence-electron chi connectivity index (χ2n) is 8.19. The minimum Gasteiger partial charge on any atom is -0.284 e. The average Bonchev–Trinajstić information content (AvgIpc) is 3.42. The molecule has 1 saturated heterocycles. The van der Waals surface area contributed by atoms with Gasteiger partial charge in [-0.3, -0.25) is 14.3 Å². The van der Waals surface area contributed by atoms with E-state index in [-0.39, 0.29) is 5.24 Å². The summed E-state index contributed by atoms with van der Waals surface area (Å²) in [6, 6.07) is 26.8. The molecule has 0 aliphatic carbocycles. The van der Waals surface area contributed by atoms with Crippen molar-refractivity contribution in [2.24, 2.45) is 10.2 Å². The first-order valence-electron chi connectivity index (χ1n) is 11.0. The molecule has 4 aromatic rings. The lowest BCUT2D eigenvalue weighted by molar-refractivity contribution is 0.244. The molecule has 1 fully saturated rings. The van der Waals surface area contributed by atoms with Gasteiger partial charge in [-0.1, -0.05) is 84.1 Å². The van der Waals surface area contributed by atoms with Crippen molar-refractivity contribution in [2.45, 2.75) is 20.4 Å². The van der Waals surface area contributed by atoms with Crippen LogP contribution in [0, 0.1) is 13.8 Å². The van der Waals surface area contributed by atoms with Crippen molar-refractivity contribution >= 4 is 34.2 Å². The Labute approximate surface area is 207 Å². The fourth-order valence-corrected chi connectivity index (χ4v) is 5.46. The summed E-state index contributed by atoms with van der Waals surface area (Å²) in [5.41, 5.74) is 6.68. The predicted octanol–water partition coefficient (Wildman–Crippen LogP) is 6.41. The molecular weight excluding hydrogens is 460 g/mol. The standard InChI is InChI=1S/C27H24N4OS2/c1-19-11-13-22(14-12-19)24-17-33-26(31(24)23-10-6-7-20(2)15-23)29-28-25-18-34-27(32)30(25)16-21-8-4-3-5-9-21/h3-15,17H,16,18H2,1-2H3/b28-25-,29-26-.